The Hall–Kier alpha value is -3.87. The average molecular weight is 347 g/mol. The molecule has 0 radical (unpaired) electrons. The van der Waals surface area contributed by atoms with Gasteiger partial charge in [0.1, 0.15) is 17.3 Å². The molecule has 0 bridgehead atoms. The van der Waals surface area contributed by atoms with Crippen LogP contribution in [0.4, 0.5) is 5.82 Å². The van der Waals surface area contributed by atoms with Gasteiger partial charge in [0.25, 0.3) is 17.4 Å². The van der Waals surface area contributed by atoms with Crippen LogP contribution in [0.25, 0.3) is 5.69 Å². The first kappa shape index (κ1) is 15.6. The smallest absolute Gasteiger partial charge is 0.262 e. The Labute approximate surface area is 147 Å². The lowest BCUT2D eigenvalue weighted by Crippen LogP contribution is -2.24. The maximum absolute atomic E-state index is 12.5. The number of para-hydroxylation sites is 1. The lowest BCUT2D eigenvalue weighted by atomic mass is 10.1. The Balaban J connectivity index is 1.81. The monoisotopic (exact) mass is 347 g/mol. The van der Waals surface area contributed by atoms with Crippen LogP contribution in [0.1, 0.15) is 20.7 Å². The third-order valence-electron chi connectivity index (χ3n) is 4.01. The molecule has 1 aromatic heterocycles. The number of amides is 2. The van der Waals surface area contributed by atoms with Crippen LogP contribution >= 0.6 is 0 Å². The Bertz CT molecular complexity index is 1100. The number of nitrogens with zero attached hydrogens (tertiary/aromatic N) is 1. The minimum Gasteiger partial charge on any atom is -0.457 e. The molecule has 26 heavy (non-hydrogen) atoms. The molecular weight excluding hydrogens is 334 g/mol. The minimum atomic E-state index is -0.623. The summed E-state index contributed by atoms with van der Waals surface area (Å²) in [6.45, 7) is 0. The van der Waals surface area contributed by atoms with E-state index < -0.39 is 17.4 Å². The molecule has 7 nitrogen and oxygen atoms in total. The van der Waals surface area contributed by atoms with E-state index in [2.05, 4.69) is 5.32 Å². The number of hydrogen-bond acceptors (Lipinski definition) is 5. The van der Waals surface area contributed by atoms with Crippen LogP contribution in [0.2, 0.25) is 0 Å². The van der Waals surface area contributed by atoms with Gasteiger partial charge in [-0.1, -0.05) is 24.3 Å². The Morgan fingerprint density at radius 1 is 0.846 bits per heavy atom. The zero-order chi connectivity index (χ0) is 18.3. The highest BCUT2D eigenvalue weighted by Gasteiger charge is 2.31. The summed E-state index contributed by atoms with van der Waals surface area (Å²) in [5, 5.41) is 2.14. The number of nitrogen functional groups attached to an aromatic ring is 1. The van der Waals surface area contributed by atoms with E-state index in [-0.39, 0.29) is 16.9 Å². The molecule has 0 spiro atoms. The summed E-state index contributed by atoms with van der Waals surface area (Å²) in [6.07, 6.45) is 0. The normalized spacial score (nSPS) is 12.6. The van der Waals surface area contributed by atoms with Gasteiger partial charge >= 0.3 is 0 Å². The zero-order valence-electron chi connectivity index (χ0n) is 13.4. The molecule has 0 saturated carbocycles. The quantitative estimate of drug-likeness (QED) is 0.706. The van der Waals surface area contributed by atoms with Crippen LogP contribution in [0, 0.1) is 0 Å². The summed E-state index contributed by atoms with van der Waals surface area (Å²) in [7, 11) is 0. The van der Waals surface area contributed by atoms with Gasteiger partial charge < -0.3 is 10.5 Å². The van der Waals surface area contributed by atoms with E-state index in [1.165, 1.54) is 4.57 Å². The zero-order valence-corrected chi connectivity index (χ0v) is 13.4. The number of nitrogens with two attached hydrogens (primary N) is 1. The number of carbonyl (C=O) groups is 2. The topological polar surface area (TPSA) is 103 Å². The highest BCUT2D eigenvalue weighted by Crippen LogP contribution is 2.26. The fourth-order valence-electron chi connectivity index (χ4n) is 2.86. The number of imide groups is 1. The van der Waals surface area contributed by atoms with Crippen molar-refractivity contribution in [3.63, 3.8) is 0 Å². The number of anilines is 1. The van der Waals surface area contributed by atoms with Crippen molar-refractivity contribution in [2.45, 2.75) is 0 Å². The highest BCUT2D eigenvalue weighted by molar-refractivity contribution is 6.23. The Morgan fingerprint density at radius 2 is 1.58 bits per heavy atom. The second-order valence-electron chi connectivity index (χ2n) is 5.69. The fraction of sp³-hybridized carbons (Fsp3) is 0. The third-order valence-corrected chi connectivity index (χ3v) is 4.01. The standard InChI is InChI=1S/C19H13N3O4/c20-17-16-14(18(24)21-19(16)25)10-15(23)22(17)11-5-4-8-13(9-11)26-12-6-2-1-3-7-12/h1-10H,20H2,(H,21,24,25). The lowest BCUT2D eigenvalue weighted by molar-refractivity contribution is 0.0880. The van der Waals surface area contributed by atoms with Crippen molar-refractivity contribution in [1.29, 1.82) is 0 Å². The minimum absolute atomic E-state index is 0.00369. The largest absolute Gasteiger partial charge is 0.457 e. The number of rotatable bonds is 3. The maximum atomic E-state index is 12.5. The van der Waals surface area contributed by atoms with Crippen LogP contribution in [0.5, 0.6) is 11.5 Å². The molecule has 3 N–H and O–H groups in total. The van der Waals surface area contributed by atoms with Crippen molar-refractivity contribution in [3.05, 3.63) is 82.1 Å². The highest BCUT2D eigenvalue weighted by atomic mass is 16.5. The molecule has 0 fully saturated rings. The van der Waals surface area contributed by atoms with E-state index >= 15 is 0 Å². The molecule has 2 heterocycles. The summed E-state index contributed by atoms with van der Waals surface area (Å²) in [5.74, 6) is -0.187. The van der Waals surface area contributed by atoms with Gasteiger partial charge in [0, 0.05) is 12.1 Å². The number of ether oxygens (including phenoxy) is 1. The molecule has 1 aliphatic rings. The van der Waals surface area contributed by atoms with Gasteiger partial charge in [0.05, 0.1) is 16.8 Å². The molecule has 3 aromatic rings. The van der Waals surface area contributed by atoms with Gasteiger partial charge in [-0.25, -0.2) is 0 Å². The molecule has 0 unspecified atom stereocenters. The number of nitrogens with one attached hydrogen (secondary N) is 1. The van der Waals surface area contributed by atoms with E-state index in [0.717, 1.165) is 6.07 Å². The van der Waals surface area contributed by atoms with E-state index in [1.807, 2.05) is 18.2 Å². The van der Waals surface area contributed by atoms with Gasteiger partial charge in [-0.05, 0) is 24.3 Å². The summed E-state index contributed by atoms with van der Waals surface area (Å²) in [4.78, 5) is 36.2. The van der Waals surface area contributed by atoms with Gasteiger partial charge in [-0.2, -0.15) is 0 Å². The third kappa shape index (κ3) is 2.51. The van der Waals surface area contributed by atoms with E-state index in [1.54, 1.807) is 36.4 Å². The maximum Gasteiger partial charge on any atom is 0.262 e. The fourth-order valence-corrected chi connectivity index (χ4v) is 2.86. The van der Waals surface area contributed by atoms with Crippen molar-refractivity contribution in [2.75, 3.05) is 5.73 Å². The van der Waals surface area contributed by atoms with Crippen LogP contribution in [0.3, 0.4) is 0 Å². The van der Waals surface area contributed by atoms with E-state index in [4.69, 9.17) is 10.5 Å². The second kappa shape index (κ2) is 5.89. The molecule has 0 aliphatic carbocycles. The van der Waals surface area contributed by atoms with E-state index in [0.29, 0.717) is 17.2 Å². The molecular formula is C19H13N3O4. The second-order valence-corrected chi connectivity index (χ2v) is 5.69. The molecule has 2 amide bonds. The van der Waals surface area contributed by atoms with Crippen LogP contribution < -0.4 is 21.3 Å². The molecule has 128 valence electrons. The van der Waals surface area contributed by atoms with Crippen molar-refractivity contribution in [2.24, 2.45) is 0 Å². The number of aromatic nitrogens is 1. The Kier molecular flexibility index (Phi) is 3.54. The summed E-state index contributed by atoms with van der Waals surface area (Å²) < 4.78 is 6.94. The number of fused-ring (bicyclic) bond motifs is 1. The first-order valence-corrected chi connectivity index (χ1v) is 7.79. The number of hydrogen-bond donors (Lipinski definition) is 2. The summed E-state index contributed by atoms with van der Waals surface area (Å²) >= 11 is 0. The molecule has 7 heteroatoms. The van der Waals surface area contributed by atoms with Crippen LogP contribution in [-0.4, -0.2) is 16.4 Å². The molecule has 0 atom stereocenters. The predicted octanol–water partition coefficient (Wildman–Crippen LogP) is 2.10. The number of carbonyl (C=O) groups excluding carboxylic acids is 2. The van der Waals surface area contributed by atoms with Crippen molar-refractivity contribution < 1.29 is 14.3 Å². The molecule has 4 rings (SSSR count). The lowest BCUT2D eigenvalue weighted by Gasteiger charge is -2.13. The number of benzene rings is 2. The average Bonchev–Trinajstić information content (AvgIpc) is 2.90. The van der Waals surface area contributed by atoms with Gasteiger partial charge in [0.15, 0.2) is 0 Å². The number of pyridine rings is 1. The van der Waals surface area contributed by atoms with Crippen LogP contribution in [-0.2, 0) is 0 Å². The van der Waals surface area contributed by atoms with Gasteiger partial charge in [-0.15, -0.1) is 0 Å². The van der Waals surface area contributed by atoms with Crippen LogP contribution in [0.15, 0.2) is 65.5 Å². The van der Waals surface area contributed by atoms with E-state index in [9.17, 15) is 14.4 Å². The molecule has 0 saturated heterocycles. The van der Waals surface area contributed by atoms with Gasteiger partial charge in [0.2, 0.25) is 0 Å². The van der Waals surface area contributed by atoms with Gasteiger partial charge in [-0.3, -0.25) is 24.3 Å². The molecule has 2 aromatic carbocycles. The Morgan fingerprint density at radius 3 is 2.35 bits per heavy atom. The predicted molar refractivity (Wildman–Crippen MR) is 94.8 cm³/mol. The van der Waals surface area contributed by atoms with Crippen molar-refractivity contribution in [1.82, 2.24) is 9.88 Å². The SMILES string of the molecule is Nc1c2c(cc(=O)n1-c1cccc(Oc3ccccc3)c1)C(=O)NC2=O. The first-order chi connectivity index (χ1) is 12.5. The molecule has 1 aliphatic heterocycles. The summed E-state index contributed by atoms with van der Waals surface area (Å²) in [5.41, 5.74) is 5.94. The first-order valence-electron chi connectivity index (χ1n) is 7.79. The van der Waals surface area contributed by atoms with Crippen molar-refractivity contribution >= 4 is 17.6 Å². The summed E-state index contributed by atoms with van der Waals surface area (Å²) in [6, 6.07) is 17.0. The van der Waals surface area contributed by atoms with Crippen molar-refractivity contribution in [3.8, 4) is 17.2 Å².